The Hall–Kier alpha value is -3.91. The number of aromatic nitrogens is 5. The molecule has 0 bridgehead atoms. The fourth-order valence-electron chi connectivity index (χ4n) is 3.49. The van der Waals surface area contributed by atoms with Crippen molar-refractivity contribution < 1.29 is 31.8 Å². The van der Waals surface area contributed by atoms with Gasteiger partial charge in [-0.15, -0.1) is 0 Å². The van der Waals surface area contributed by atoms with Crippen LogP contribution in [0.4, 0.5) is 8.78 Å². The van der Waals surface area contributed by atoms with E-state index in [4.69, 9.17) is 10.8 Å². The standard InChI is InChI=1S/C20H18F2N6O5S/c1-27-10-13(17-15(18(23)30)19-24-5-2-6-28(19)26-17)16(25-27)12-9-11(34(31,32)8-7-29)3-4-14(12)33-20(21)22/h2-6,9-10,20,29H,7-8H2,1H3,(H2,23,30). The minimum Gasteiger partial charge on any atom is -0.434 e. The summed E-state index contributed by atoms with van der Waals surface area (Å²) in [5.74, 6) is -1.75. The highest BCUT2D eigenvalue weighted by atomic mass is 32.2. The third-order valence-electron chi connectivity index (χ3n) is 4.87. The fraction of sp³-hybridized carbons (Fsp3) is 0.200. The first-order valence-corrected chi connectivity index (χ1v) is 11.4. The van der Waals surface area contributed by atoms with E-state index in [1.54, 1.807) is 19.3 Å². The average molecular weight is 492 g/mol. The van der Waals surface area contributed by atoms with Gasteiger partial charge in [0.2, 0.25) is 0 Å². The van der Waals surface area contributed by atoms with E-state index in [1.165, 1.54) is 21.6 Å². The molecule has 3 heterocycles. The largest absolute Gasteiger partial charge is 0.434 e. The highest BCUT2D eigenvalue weighted by molar-refractivity contribution is 7.91. The Bertz CT molecular complexity index is 1500. The smallest absolute Gasteiger partial charge is 0.387 e. The molecule has 4 rings (SSSR count). The predicted molar refractivity (Wildman–Crippen MR) is 115 cm³/mol. The SMILES string of the molecule is Cn1cc(-c2nn3cccnc3c2C(N)=O)c(-c2cc(S(=O)(=O)CCO)ccc2OC(F)F)n1. The van der Waals surface area contributed by atoms with Gasteiger partial charge in [-0.2, -0.15) is 19.0 Å². The van der Waals surface area contributed by atoms with Crippen LogP contribution >= 0.6 is 0 Å². The number of nitrogens with two attached hydrogens (primary N) is 1. The van der Waals surface area contributed by atoms with Crippen LogP contribution in [0.15, 0.2) is 47.8 Å². The number of carbonyl (C=O) groups is 1. The number of alkyl halides is 2. The first-order chi connectivity index (χ1) is 16.1. The summed E-state index contributed by atoms with van der Waals surface area (Å²) >= 11 is 0. The zero-order valence-electron chi connectivity index (χ0n) is 17.6. The van der Waals surface area contributed by atoms with Gasteiger partial charge in [0.25, 0.3) is 5.91 Å². The van der Waals surface area contributed by atoms with E-state index in [0.29, 0.717) is 0 Å². The highest BCUT2D eigenvalue weighted by Gasteiger charge is 2.27. The lowest BCUT2D eigenvalue weighted by molar-refractivity contribution is -0.0494. The Kier molecular flexibility index (Phi) is 6.01. The number of carbonyl (C=O) groups excluding carboxylic acids is 1. The van der Waals surface area contributed by atoms with Gasteiger partial charge in [0.1, 0.15) is 22.7 Å². The molecule has 0 unspecified atom stereocenters. The number of aliphatic hydroxyl groups excluding tert-OH is 1. The Balaban J connectivity index is 2.01. The number of amides is 1. The van der Waals surface area contributed by atoms with E-state index < -0.39 is 34.7 Å². The second-order valence-electron chi connectivity index (χ2n) is 7.12. The van der Waals surface area contributed by atoms with Crippen LogP contribution in [-0.4, -0.2) is 62.8 Å². The third kappa shape index (κ3) is 4.20. The number of primary amides is 1. The van der Waals surface area contributed by atoms with Gasteiger partial charge >= 0.3 is 6.61 Å². The van der Waals surface area contributed by atoms with E-state index >= 15 is 0 Å². The van der Waals surface area contributed by atoms with Crippen LogP contribution in [0.5, 0.6) is 5.75 Å². The summed E-state index contributed by atoms with van der Waals surface area (Å²) in [5, 5.41) is 17.7. The number of hydrogen-bond acceptors (Lipinski definition) is 8. The average Bonchev–Trinajstić information content (AvgIpc) is 3.33. The minimum absolute atomic E-state index is 0.0186. The maximum Gasteiger partial charge on any atom is 0.387 e. The summed E-state index contributed by atoms with van der Waals surface area (Å²) in [5.41, 5.74) is 5.93. The van der Waals surface area contributed by atoms with Gasteiger partial charge in [0.15, 0.2) is 15.5 Å². The predicted octanol–water partition coefficient (Wildman–Crippen LogP) is 1.26. The van der Waals surface area contributed by atoms with Crippen molar-refractivity contribution in [2.45, 2.75) is 11.5 Å². The number of benzene rings is 1. The molecule has 0 aliphatic rings. The highest BCUT2D eigenvalue weighted by Crippen LogP contribution is 2.39. The lowest BCUT2D eigenvalue weighted by Crippen LogP contribution is -2.12. The van der Waals surface area contributed by atoms with Crippen LogP contribution in [0.1, 0.15) is 10.4 Å². The van der Waals surface area contributed by atoms with Crippen LogP contribution in [0, 0.1) is 0 Å². The third-order valence-corrected chi connectivity index (χ3v) is 6.56. The van der Waals surface area contributed by atoms with E-state index in [2.05, 4.69) is 19.9 Å². The van der Waals surface area contributed by atoms with Crippen LogP contribution in [0.3, 0.4) is 0 Å². The summed E-state index contributed by atoms with van der Waals surface area (Å²) in [6, 6.07) is 4.87. The van der Waals surface area contributed by atoms with Crippen molar-refractivity contribution in [1.29, 1.82) is 0 Å². The number of aliphatic hydroxyl groups is 1. The van der Waals surface area contributed by atoms with E-state index in [-0.39, 0.29) is 44.4 Å². The number of fused-ring (bicyclic) bond motifs is 1. The zero-order chi connectivity index (χ0) is 24.6. The lowest BCUT2D eigenvalue weighted by Gasteiger charge is -2.12. The monoisotopic (exact) mass is 492 g/mol. The van der Waals surface area contributed by atoms with Crippen LogP contribution in [0.25, 0.3) is 28.2 Å². The number of ether oxygens (including phenoxy) is 1. The molecule has 0 radical (unpaired) electrons. The zero-order valence-corrected chi connectivity index (χ0v) is 18.4. The van der Waals surface area contributed by atoms with Crippen molar-refractivity contribution in [3.05, 3.63) is 48.4 Å². The molecule has 0 saturated carbocycles. The molecule has 4 aromatic rings. The topological polar surface area (TPSA) is 155 Å². The van der Waals surface area contributed by atoms with Gasteiger partial charge in [0, 0.05) is 36.8 Å². The lowest BCUT2D eigenvalue weighted by atomic mass is 10.0. The summed E-state index contributed by atoms with van der Waals surface area (Å²) in [4.78, 5) is 16.2. The molecule has 1 aromatic carbocycles. The quantitative estimate of drug-likeness (QED) is 0.373. The maximum atomic E-state index is 13.1. The molecule has 1 amide bonds. The minimum atomic E-state index is -3.93. The van der Waals surface area contributed by atoms with E-state index in [1.807, 2.05) is 0 Å². The summed E-state index contributed by atoms with van der Waals surface area (Å²) in [7, 11) is -2.38. The van der Waals surface area contributed by atoms with Gasteiger partial charge in [0.05, 0.1) is 17.3 Å². The molecule has 0 atom stereocenters. The molecule has 14 heteroatoms. The van der Waals surface area contributed by atoms with Gasteiger partial charge in [-0.3, -0.25) is 9.48 Å². The summed E-state index contributed by atoms with van der Waals surface area (Å²) in [6.07, 6.45) is 4.47. The van der Waals surface area contributed by atoms with Crippen molar-refractivity contribution in [1.82, 2.24) is 24.4 Å². The number of aryl methyl sites for hydroxylation is 1. The molecule has 0 spiro atoms. The number of nitrogens with zero attached hydrogens (tertiary/aromatic N) is 5. The maximum absolute atomic E-state index is 13.1. The molecule has 3 N–H and O–H groups in total. The van der Waals surface area contributed by atoms with E-state index in [0.717, 1.165) is 18.2 Å². The molecule has 34 heavy (non-hydrogen) atoms. The van der Waals surface area contributed by atoms with Gasteiger partial charge in [-0.05, 0) is 24.3 Å². The second-order valence-corrected chi connectivity index (χ2v) is 9.23. The van der Waals surface area contributed by atoms with Crippen molar-refractivity contribution >= 4 is 21.4 Å². The number of halogens is 2. The van der Waals surface area contributed by atoms with Gasteiger partial charge < -0.3 is 15.6 Å². The van der Waals surface area contributed by atoms with Crippen molar-refractivity contribution in [2.24, 2.45) is 12.8 Å². The summed E-state index contributed by atoms with van der Waals surface area (Å²) in [6.45, 7) is -3.83. The number of rotatable bonds is 8. The molecule has 0 fully saturated rings. The Morgan fingerprint density at radius 2 is 2.00 bits per heavy atom. The van der Waals surface area contributed by atoms with Crippen molar-refractivity contribution in [2.75, 3.05) is 12.4 Å². The molecule has 11 nitrogen and oxygen atoms in total. The molecule has 3 aromatic heterocycles. The first-order valence-electron chi connectivity index (χ1n) is 9.72. The Labute approximate surface area is 191 Å². The number of hydrogen-bond donors (Lipinski definition) is 2. The van der Waals surface area contributed by atoms with Gasteiger partial charge in [-0.25, -0.2) is 17.9 Å². The van der Waals surface area contributed by atoms with Crippen molar-refractivity contribution in [3.63, 3.8) is 0 Å². The van der Waals surface area contributed by atoms with Crippen LogP contribution < -0.4 is 10.5 Å². The Morgan fingerprint density at radius 1 is 1.24 bits per heavy atom. The fourth-order valence-corrected chi connectivity index (χ4v) is 4.54. The van der Waals surface area contributed by atoms with Crippen molar-refractivity contribution in [3.8, 4) is 28.3 Å². The van der Waals surface area contributed by atoms with E-state index in [9.17, 15) is 22.0 Å². The first kappa shape index (κ1) is 23.3. The molecular formula is C20H18F2N6O5S. The molecule has 0 saturated heterocycles. The molecular weight excluding hydrogens is 474 g/mol. The summed E-state index contributed by atoms with van der Waals surface area (Å²) < 4.78 is 58.5. The Morgan fingerprint density at radius 3 is 2.68 bits per heavy atom. The molecule has 0 aliphatic heterocycles. The van der Waals surface area contributed by atoms with Crippen LogP contribution in [0.2, 0.25) is 0 Å². The van der Waals surface area contributed by atoms with Gasteiger partial charge in [-0.1, -0.05) is 0 Å². The number of sulfone groups is 1. The van der Waals surface area contributed by atoms with Crippen LogP contribution in [-0.2, 0) is 16.9 Å². The molecule has 178 valence electrons. The second kappa shape index (κ2) is 8.79. The normalized spacial score (nSPS) is 11.9. The molecule has 0 aliphatic carbocycles.